The van der Waals surface area contributed by atoms with Crippen molar-refractivity contribution in [2.75, 3.05) is 0 Å². The van der Waals surface area contributed by atoms with Crippen LogP contribution >= 0.6 is 0 Å². The van der Waals surface area contributed by atoms with E-state index >= 15 is 0 Å². The molecular formula is C29H34FNO2. The van der Waals surface area contributed by atoms with Crippen molar-refractivity contribution in [1.82, 2.24) is 0 Å². The van der Waals surface area contributed by atoms with E-state index in [0.717, 1.165) is 43.6 Å². The van der Waals surface area contributed by atoms with Crippen LogP contribution in [0.5, 0.6) is 5.75 Å². The lowest BCUT2D eigenvalue weighted by Gasteiger charge is -2.38. The first-order chi connectivity index (χ1) is 16.0. The Hall–Kier alpha value is -2.67. The van der Waals surface area contributed by atoms with Gasteiger partial charge >= 0.3 is 5.97 Å². The molecule has 0 spiro atoms. The molecule has 0 amide bonds. The van der Waals surface area contributed by atoms with Crippen molar-refractivity contribution in [2.45, 2.75) is 70.6 Å². The summed E-state index contributed by atoms with van der Waals surface area (Å²) >= 11 is 0. The van der Waals surface area contributed by atoms with Crippen LogP contribution in [-0.2, 0) is 4.79 Å². The third kappa shape index (κ3) is 6.02. The molecule has 0 N–H and O–H groups in total. The van der Waals surface area contributed by atoms with E-state index in [0.29, 0.717) is 11.8 Å². The smallest absolute Gasteiger partial charge is 0.314 e. The van der Waals surface area contributed by atoms with E-state index in [-0.39, 0.29) is 23.2 Å². The topological polar surface area (TPSA) is 50.1 Å². The second kappa shape index (κ2) is 11.0. The predicted molar refractivity (Wildman–Crippen MR) is 127 cm³/mol. The zero-order valence-electron chi connectivity index (χ0n) is 19.5. The van der Waals surface area contributed by atoms with Crippen molar-refractivity contribution in [2.24, 2.45) is 23.7 Å². The normalized spacial score (nSPS) is 26.2. The maximum atomic E-state index is 13.8. The molecule has 1 unspecified atom stereocenters. The molecule has 0 aliphatic heterocycles. The number of nitriles is 1. The number of esters is 1. The Morgan fingerprint density at radius 1 is 1.00 bits per heavy atom. The van der Waals surface area contributed by atoms with Crippen molar-refractivity contribution < 1.29 is 13.9 Å². The van der Waals surface area contributed by atoms with Crippen molar-refractivity contribution in [3.05, 3.63) is 65.5 Å². The molecule has 4 rings (SSSR count). The van der Waals surface area contributed by atoms with Crippen LogP contribution in [0.1, 0.15) is 81.8 Å². The Morgan fingerprint density at radius 3 is 2.24 bits per heavy atom. The van der Waals surface area contributed by atoms with Gasteiger partial charge in [-0.1, -0.05) is 50.1 Å². The summed E-state index contributed by atoms with van der Waals surface area (Å²) in [6.45, 7) is 2.36. The minimum atomic E-state index is -0.653. The largest absolute Gasteiger partial charge is 0.426 e. The van der Waals surface area contributed by atoms with Crippen molar-refractivity contribution in [1.29, 1.82) is 5.26 Å². The second-order valence-electron chi connectivity index (χ2n) is 10.1. The monoisotopic (exact) mass is 447 g/mol. The van der Waals surface area contributed by atoms with Crippen LogP contribution < -0.4 is 4.74 Å². The van der Waals surface area contributed by atoms with Crippen molar-refractivity contribution in [3.63, 3.8) is 0 Å². The summed E-state index contributed by atoms with van der Waals surface area (Å²) in [6, 6.07) is 16.6. The number of halogens is 1. The van der Waals surface area contributed by atoms with Gasteiger partial charge in [-0.05, 0) is 86.3 Å². The Labute approximate surface area is 197 Å². The van der Waals surface area contributed by atoms with E-state index in [4.69, 9.17) is 10.00 Å². The summed E-state index contributed by atoms with van der Waals surface area (Å²) in [5.41, 5.74) is 1.41. The fourth-order valence-electron chi connectivity index (χ4n) is 5.99. The van der Waals surface area contributed by atoms with Crippen molar-refractivity contribution in [3.8, 4) is 11.8 Å². The highest BCUT2D eigenvalue weighted by molar-refractivity contribution is 5.75. The van der Waals surface area contributed by atoms with Gasteiger partial charge in [0.25, 0.3) is 0 Å². The fourth-order valence-corrected chi connectivity index (χ4v) is 5.99. The van der Waals surface area contributed by atoms with E-state index in [1.165, 1.54) is 49.8 Å². The molecule has 0 aromatic heterocycles. The zero-order chi connectivity index (χ0) is 23.2. The molecule has 0 saturated heterocycles. The molecule has 174 valence electrons. The summed E-state index contributed by atoms with van der Waals surface area (Å²) in [5, 5.41) is 8.83. The Morgan fingerprint density at radius 2 is 1.64 bits per heavy atom. The number of carbonyl (C=O) groups excluding carboxylic acids is 1. The molecule has 2 saturated carbocycles. The Kier molecular flexibility index (Phi) is 7.81. The van der Waals surface area contributed by atoms with Crippen LogP contribution in [0.2, 0.25) is 0 Å². The molecule has 2 aromatic rings. The third-order valence-electron chi connectivity index (χ3n) is 8.00. The van der Waals surface area contributed by atoms with Gasteiger partial charge < -0.3 is 4.74 Å². The molecule has 2 aliphatic rings. The number of rotatable bonds is 6. The zero-order valence-corrected chi connectivity index (χ0v) is 19.5. The number of benzene rings is 2. The van der Waals surface area contributed by atoms with Gasteiger partial charge in [-0.15, -0.1) is 0 Å². The van der Waals surface area contributed by atoms with Crippen LogP contribution in [0.25, 0.3) is 0 Å². The number of carbonyl (C=O) groups is 1. The van der Waals surface area contributed by atoms with E-state index < -0.39 is 5.82 Å². The van der Waals surface area contributed by atoms with Crippen molar-refractivity contribution >= 4 is 5.97 Å². The molecule has 33 heavy (non-hydrogen) atoms. The van der Waals surface area contributed by atoms with Gasteiger partial charge in [0, 0.05) is 6.07 Å². The van der Waals surface area contributed by atoms with E-state index in [1.54, 1.807) is 6.07 Å². The molecule has 3 nitrogen and oxygen atoms in total. The minimum absolute atomic E-state index is 0.0421. The minimum Gasteiger partial charge on any atom is -0.426 e. The highest BCUT2D eigenvalue weighted by Gasteiger charge is 2.34. The quantitative estimate of drug-likeness (QED) is 0.342. The molecule has 0 radical (unpaired) electrons. The maximum Gasteiger partial charge on any atom is 0.314 e. The number of ether oxygens (including phenoxy) is 1. The van der Waals surface area contributed by atoms with Crippen LogP contribution in [0.3, 0.4) is 0 Å². The first-order valence-corrected chi connectivity index (χ1v) is 12.5. The van der Waals surface area contributed by atoms with Gasteiger partial charge in [0.2, 0.25) is 0 Å². The van der Waals surface area contributed by atoms with Gasteiger partial charge in [-0.25, -0.2) is 4.39 Å². The molecule has 2 aromatic carbocycles. The maximum absolute atomic E-state index is 13.8. The van der Waals surface area contributed by atoms with Crippen LogP contribution in [-0.4, -0.2) is 5.97 Å². The van der Waals surface area contributed by atoms with Gasteiger partial charge in [0.15, 0.2) is 0 Å². The van der Waals surface area contributed by atoms with E-state index in [9.17, 15) is 9.18 Å². The summed E-state index contributed by atoms with van der Waals surface area (Å²) < 4.78 is 19.2. The van der Waals surface area contributed by atoms with Crippen LogP contribution in [0.4, 0.5) is 4.39 Å². The molecular weight excluding hydrogens is 413 g/mol. The number of hydrogen-bond donors (Lipinski definition) is 0. The lowest BCUT2D eigenvalue weighted by atomic mass is 9.68. The van der Waals surface area contributed by atoms with Crippen LogP contribution in [0, 0.1) is 40.8 Å². The molecule has 2 aliphatic carbocycles. The highest BCUT2D eigenvalue weighted by Crippen LogP contribution is 2.43. The van der Waals surface area contributed by atoms with Gasteiger partial charge in [-0.2, -0.15) is 5.26 Å². The molecule has 1 atom stereocenters. The Bertz CT molecular complexity index is 967. The summed E-state index contributed by atoms with van der Waals surface area (Å²) in [5.74, 6) is 2.11. The first kappa shape index (κ1) is 23.5. The predicted octanol–water partition coefficient (Wildman–Crippen LogP) is 7.41. The summed E-state index contributed by atoms with van der Waals surface area (Å²) in [7, 11) is 0. The van der Waals surface area contributed by atoms with E-state index in [1.807, 2.05) is 0 Å². The first-order valence-electron chi connectivity index (χ1n) is 12.5. The third-order valence-corrected chi connectivity index (χ3v) is 8.00. The average molecular weight is 448 g/mol. The standard InChI is InChI=1S/C29H34FNO2/c1-20(22-5-3-2-4-6-22)17-21-7-9-23(10-8-21)24-11-13-25(14-12-24)29(32)33-27-16-15-26(19-31)28(30)18-27/h2-6,15-16,18,20-21,23-25H,7-14,17H2,1H3. The molecule has 2 fully saturated rings. The summed E-state index contributed by atoms with van der Waals surface area (Å²) in [4.78, 5) is 12.6. The number of nitrogens with zero attached hydrogens (tertiary/aromatic N) is 1. The van der Waals surface area contributed by atoms with Gasteiger partial charge in [0.1, 0.15) is 17.6 Å². The lowest BCUT2D eigenvalue weighted by molar-refractivity contribution is -0.140. The number of hydrogen-bond acceptors (Lipinski definition) is 3. The molecule has 0 bridgehead atoms. The Balaban J connectivity index is 1.20. The van der Waals surface area contributed by atoms with Gasteiger partial charge in [0.05, 0.1) is 11.5 Å². The average Bonchev–Trinajstić information content (AvgIpc) is 2.85. The molecule has 4 heteroatoms. The van der Waals surface area contributed by atoms with Crippen LogP contribution in [0.15, 0.2) is 48.5 Å². The summed E-state index contributed by atoms with van der Waals surface area (Å²) in [6.07, 6.45) is 10.4. The highest BCUT2D eigenvalue weighted by atomic mass is 19.1. The van der Waals surface area contributed by atoms with E-state index in [2.05, 4.69) is 37.3 Å². The second-order valence-corrected chi connectivity index (χ2v) is 10.1. The fraction of sp³-hybridized carbons (Fsp3) is 0.517. The SMILES string of the molecule is CC(CC1CCC(C2CCC(C(=O)Oc3ccc(C#N)c(F)c3)CC2)CC1)c1ccccc1. The van der Waals surface area contributed by atoms with Gasteiger partial charge in [-0.3, -0.25) is 4.79 Å². The molecule has 0 heterocycles. The lowest BCUT2D eigenvalue weighted by Crippen LogP contribution is -2.30.